The van der Waals surface area contributed by atoms with Crippen LogP contribution in [0, 0.1) is 5.92 Å². The molecule has 1 atom stereocenters. The highest BCUT2D eigenvalue weighted by molar-refractivity contribution is 7.89. The summed E-state index contributed by atoms with van der Waals surface area (Å²) in [6.45, 7) is 3.53. The molecule has 8 heteroatoms. The molecule has 0 aliphatic carbocycles. The third-order valence-electron chi connectivity index (χ3n) is 3.70. The number of amides is 1. The van der Waals surface area contributed by atoms with Gasteiger partial charge in [0.15, 0.2) is 0 Å². The van der Waals surface area contributed by atoms with Crippen LogP contribution in [0.15, 0.2) is 53.4 Å². The molecule has 6 nitrogen and oxygen atoms in total. The summed E-state index contributed by atoms with van der Waals surface area (Å²) in [4.78, 5) is 12.7. The highest BCUT2D eigenvalue weighted by atomic mass is 35.5. The van der Waals surface area contributed by atoms with Crippen LogP contribution in [0.2, 0.25) is 5.02 Å². The lowest BCUT2D eigenvalue weighted by atomic mass is 10.0. The van der Waals surface area contributed by atoms with Crippen LogP contribution >= 0.6 is 11.6 Å². The molecule has 0 radical (unpaired) electrons. The van der Waals surface area contributed by atoms with Crippen molar-refractivity contribution in [2.75, 3.05) is 12.4 Å². The smallest absolute Gasteiger partial charge is 0.242 e. The molecular formula is C18H21ClN2O4S. The van der Waals surface area contributed by atoms with Crippen molar-refractivity contribution in [2.24, 2.45) is 5.92 Å². The summed E-state index contributed by atoms with van der Waals surface area (Å²) in [6, 6.07) is 11.8. The van der Waals surface area contributed by atoms with E-state index in [0.29, 0.717) is 16.5 Å². The van der Waals surface area contributed by atoms with Gasteiger partial charge in [0.2, 0.25) is 15.9 Å². The van der Waals surface area contributed by atoms with Gasteiger partial charge in [-0.3, -0.25) is 4.79 Å². The normalized spacial score (nSPS) is 12.7. The maximum Gasteiger partial charge on any atom is 0.242 e. The number of benzene rings is 2. The Bertz CT molecular complexity index is 870. The molecule has 2 rings (SSSR count). The van der Waals surface area contributed by atoms with Gasteiger partial charge >= 0.3 is 0 Å². The van der Waals surface area contributed by atoms with Crippen LogP contribution < -0.4 is 14.8 Å². The van der Waals surface area contributed by atoms with Crippen molar-refractivity contribution in [1.82, 2.24) is 4.72 Å². The molecule has 26 heavy (non-hydrogen) atoms. The number of nitrogens with one attached hydrogen (secondary N) is 2. The first-order chi connectivity index (χ1) is 12.2. The third kappa shape index (κ3) is 4.97. The molecule has 2 N–H and O–H groups in total. The molecule has 1 amide bonds. The maximum absolute atomic E-state index is 12.6. The van der Waals surface area contributed by atoms with E-state index in [9.17, 15) is 13.2 Å². The van der Waals surface area contributed by atoms with Gasteiger partial charge in [0.25, 0.3) is 0 Å². The van der Waals surface area contributed by atoms with Crippen molar-refractivity contribution in [3.63, 3.8) is 0 Å². The van der Waals surface area contributed by atoms with Crippen LogP contribution in [-0.4, -0.2) is 27.5 Å². The Morgan fingerprint density at radius 3 is 2.31 bits per heavy atom. The number of halogens is 1. The van der Waals surface area contributed by atoms with Crippen molar-refractivity contribution in [3.05, 3.63) is 53.6 Å². The van der Waals surface area contributed by atoms with Gasteiger partial charge < -0.3 is 10.1 Å². The van der Waals surface area contributed by atoms with Gasteiger partial charge in [0, 0.05) is 5.69 Å². The van der Waals surface area contributed by atoms with E-state index >= 15 is 0 Å². The first-order valence-electron chi connectivity index (χ1n) is 7.96. The predicted molar refractivity (Wildman–Crippen MR) is 102 cm³/mol. The summed E-state index contributed by atoms with van der Waals surface area (Å²) in [5.41, 5.74) is 0.449. The van der Waals surface area contributed by atoms with Crippen molar-refractivity contribution in [3.8, 4) is 5.75 Å². The minimum Gasteiger partial charge on any atom is -0.495 e. The average molecular weight is 397 g/mol. The molecule has 2 aromatic carbocycles. The number of carbonyl (C=O) groups is 1. The minimum atomic E-state index is -3.82. The molecule has 0 heterocycles. The van der Waals surface area contributed by atoms with Crippen LogP contribution in [0.3, 0.4) is 0 Å². The second-order valence-electron chi connectivity index (χ2n) is 5.99. The summed E-state index contributed by atoms with van der Waals surface area (Å²) < 4.78 is 32.6. The van der Waals surface area contributed by atoms with Gasteiger partial charge in [-0.05, 0) is 36.2 Å². The Morgan fingerprint density at radius 2 is 1.77 bits per heavy atom. The lowest BCUT2D eigenvalue weighted by Gasteiger charge is -2.22. The van der Waals surface area contributed by atoms with Crippen molar-refractivity contribution in [2.45, 2.75) is 24.8 Å². The lowest BCUT2D eigenvalue weighted by Crippen LogP contribution is -2.47. The zero-order chi connectivity index (χ0) is 19.3. The molecule has 0 aliphatic rings. The lowest BCUT2D eigenvalue weighted by molar-refractivity contribution is -0.118. The number of ether oxygens (including phenoxy) is 1. The van der Waals surface area contributed by atoms with E-state index < -0.39 is 22.0 Å². The molecule has 0 saturated heterocycles. The fourth-order valence-electron chi connectivity index (χ4n) is 2.29. The monoisotopic (exact) mass is 396 g/mol. The van der Waals surface area contributed by atoms with Crippen LogP contribution in [-0.2, 0) is 14.8 Å². The summed E-state index contributed by atoms with van der Waals surface area (Å²) >= 11 is 6.05. The molecule has 0 bridgehead atoms. The molecule has 140 valence electrons. The van der Waals surface area contributed by atoms with Gasteiger partial charge in [-0.2, -0.15) is 4.72 Å². The number of carbonyl (C=O) groups excluding carboxylic acids is 1. The number of sulfonamides is 1. The molecule has 2 aromatic rings. The van der Waals surface area contributed by atoms with E-state index in [1.165, 1.54) is 19.2 Å². The Labute approximate surface area is 158 Å². The van der Waals surface area contributed by atoms with Gasteiger partial charge in [-0.1, -0.05) is 43.6 Å². The highest BCUT2D eigenvalue weighted by Gasteiger charge is 2.28. The summed E-state index contributed by atoms with van der Waals surface area (Å²) in [6.07, 6.45) is 0. The second kappa shape index (κ2) is 8.53. The van der Waals surface area contributed by atoms with E-state index in [2.05, 4.69) is 10.0 Å². The van der Waals surface area contributed by atoms with E-state index in [-0.39, 0.29) is 10.8 Å². The van der Waals surface area contributed by atoms with Gasteiger partial charge in [0.1, 0.15) is 11.8 Å². The first-order valence-corrected chi connectivity index (χ1v) is 9.82. The van der Waals surface area contributed by atoms with Crippen molar-refractivity contribution < 1.29 is 17.9 Å². The molecule has 0 saturated carbocycles. The van der Waals surface area contributed by atoms with Crippen LogP contribution in [0.1, 0.15) is 13.8 Å². The fraction of sp³-hybridized carbons (Fsp3) is 0.278. The zero-order valence-corrected chi connectivity index (χ0v) is 16.3. The van der Waals surface area contributed by atoms with E-state index in [4.69, 9.17) is 16.3 Å². The van der Waals surface area contributed by atoms with E-state index in [0.717, 1.165) is 0 Å². The fourth-order valence-corrected chi connectivity index (χ4v) is 3.91. The minimum absolute atomic E-state index is 0.103. The van der Waals surface area contributed by atoms with Gasteiger partial charge in [0.05, 0.1) is 17.0 Å². The summed E-state index contributed by atoms with van der Waals surface area (Å²) in [5.74, 6) is -0.252. The zero-order valence-electron chi connectivity index (χ0n) is 14.7. The highest BCUT2D eigenvalue weighted by Crippen LogP contribution is 2.27. The number of hydrogen-bond donors (Lipinski definition) is 2. The quantitative estimate of drug-likeness (QED) is 0.752. The molecule has 0 unspecified atom stereocenters. The van der Waals surface area contributed by atoms with Gasteiger partial charge in [-0.25, -0.2) is 8.42 Å². The number of hydrogen-bond acceptors (Lipinski definition) is 4. The Morgan fingerprint density at radius 1 is 1.12 bits per heavy atom. The second-order valence-corrected chi connectivity index (χ2v) is 8.12. The van der Waals surface area contributed by atoms with Crippen LogP contribution in [0.5, 0.6) is 5.75 Å². The number of anilines is 1. The van der Waals surface area contributed by atoms with E-state index in [1.54, 1.807) is 50.2 Å². The average Bonchev–Trinajstić information content (AvgIpc) is 2.60. The largest absolute Gasteiger partial charge is 0.495 e. The Kier molecular flexibility index (Phi) is 6.63. The van der Waals surface area contributed by atoms with E-state index in [1.807, 2.05) is 0 Å². The predicted octanol–water partition coefficient (Wildman–Crippen LogP) is 3.29. The van der Waals surface area contributed by atoms with Crippen molar-refractivity contribution >= 4 is 33.2 Å². The van der Waals surface area contributed by atoms with Gasteiger partial charge in [-0.15, -0.1) is 0 Å². The topological polar surface area (TPSA) is 84.5 Å². The van der Waals surface area contributed by atoms with Crippen LogP contribution in [0.25, 0.3) is 0 Å². The Balaban J connectivity index is 2.19. The standard InChI is InChI=1S/C18H21ClN2O4S/c1-12(2)17(21-26(23,24)14-7-5-4-6-8-14)18(22)20-13-9-10-16(25-3)15(19)11-13/h4-12,17,21H,1-3H3,(H,20,22)/t17-/m1/s1. The molecular weight excluding hydrogens is 376 g/mol. The van der Waals surface area contributed by atoms with Crippen molar-refractivity contribution in [1.29, 1.82) is 0 Å². The number of methoxy groups -OCH3 is 1. The third-order valence-corrected chi connectivity index (χ3v) is 5.46. The summed E-state index contributed by atoms with van der Waals surface area (Å²) in [5, 5.41) is 3.03. The number of rotatable bonds is 7. The molecule has 0 aliphatic heterocycles. The molecule has 0 fully saturated rings. The maximum atomic E-state index is 12.6. The molecule has 0 spiro atoms. The first kappa shape index (κ1) is 20.2. The molecule has 0 aromatic heterocycles. The van der Waals surface area contributed by atoms with Crippen LogP contribution in [0.4, 0.5) is 5.69 Å². The SMILES string of the molecule is COc1ccc(NC(=O)[C@H](NS(=O)(=O)c2ccccc2)C(C)C)cc1Cl. The summed E-state index contributed by atoms with van der Waals surface area (Å²) in [7, 11) is -2.32. The Hall–Kier alpha value is -2.09.